The van der Waals surface area contributed by atoms with Crippen LogP contribution in [-0.2, 0) is 51.2 Å². The van der Waals surface area contributed by atoms with Crippen LogP contribution in [0.2, 0.25) is 0 Å². The number of nitrogens with two attached hydrogens (primary N) is 5. The van der Waals surface area contributed by atoms with Crippen LogP contribution in [0.4, 0.5) is 0 Å². The molecule has 8 unspecified atom stereocenters. The fourth-order valence-electron chi connectivity index (χ4n) is 8.36. The van der Waals surface area contributed by atoms with Gasteiger partial charge in [0, 0.05) is 50.1 Å². The Bertz CT molecular complexity index is 2450. The SMILES string of the molecule is CC(=O)NC(CCCN=C(N)N)C(=O)NC1CC(=O)NCCCCC(C(=O)O)NC(=O)C(Cc2c[nH]c3ccccc23)NC(O)C(CCCN=C(N)N)NC(=O)C(Cc2ccccc2)NC(=O)C(CCCN)NC1=O. The van der Waals surface area contributed by atoms with Crippen LogP contribution in [-0.4, -0.2) is 149 Å². The van der Waals surface area contributed by atoms with Crippen molar-refractivity contribution >= 4 is 70.1 Å². The van der Waals surface area contributed by atoms with Crippen LogP contribution < -0.4 is 71.2 Å². The van der Waals surface area contributed by atoms with E-state index in [4.69, 9.17) is 28.7 Å². The number of aliphatic hydroxyl groups is 1. The number of aliphatic imine (C=N–C) groups is 2. The second-order valence-corrected chi connectivity index (χ2v) is 18.2. The van der Waals surface area contributed by atoms with E-state index in [-0.39, 0.29) is 109 Å². The van der Waals surface area contributed by atoms with Crippen molar-refractivity contribution in [3.63, 3.8) is 0 Å². The fraction of sp³-hybridized carbons (Fsp3) is 0.510. The number of hydrogen-bond acceptors (Lipinski definition) is 13. The summed E-state index contributed by atoms with van der Waals surface area (Å²) in [5, 5.41) is 44.6. The number of benzene rings is 2. The number of carboxylic acids is 1. The zero-order valence-electron chi connectivity index (χ0n) is 42.1. The third-order valence-electron chi connectivity index (χ3n) is 12.2. The Morgan fingerprint density at radius 2 is 1.41 bits per heavy atom. The van der Waals surface area contributed by atoms with Crippen molar-refractivity contribution in [2.24, 2.45) is 38.7 Å². The number of H-pyrrole nitrogens is 1. The first-order valence-electron chi connectivity index (χ1n) is 25.0. The van der Waals surface area contributed by atoms with E-state index in [0.717, 1.165) is 10.9 Å². The summed E-state index contributed by atoms with van der Waals surface area (Å²) in [6.07, 6.45) is 0.230. The van der Waals surface area contributed by atoms with E-state index in [9.17, 15) is 48.6 Å². The zero-order valence-corrected chi connectivity index (χ0v) is 42.1. The first-order valence-corrected chi connectivity index (χ1v) is 25.0. The van der Waals surface area contributed by atoms with Crippen LogP contribution in [0, 0.1) is 0 Å². The summed E-state index contributed by atoms with van der Waals surface area (Å²) in [5.41, 5.74) is 29.9. The van der Waals surface area contributed by atoms with Gasteiger partial charge in [-0.1, -0.05) is 48.5 Å². The van der Waals surface area contributed by atoms with Crippen LogP contribution in [0.25, 0.3) is 10.9 Å². The molecule has 21 N–H and O–H groups in total. The smallest absolute Gasteiger partial charge is 0.326 e. The van der Waals surface area contributed by atoms with E-state index in [1.165, 1.54) is 6.92 Å². The van der Waals surface area contributed by atoms with E-state index in [1.807, 2.05) is 24.3 Å². The number of nitrogens with one attached hydrogen (secondary N) is 9. The minimum absolute atomic E-state index is 0.00636. The maximum Gasteiger partial charge on any atom is 0.326 e. The molecule has 0 saturated carbocycles. The molecule has 1 aromatic heterocycles. The molecule has 26 nitrogen and oxygen atoms in total. The Hall–Kier alpha value is -7.84. The third-order valence-corrected chi connectivity index (χ3v) is 12.2. The third kappa shape index (κ3) is 20.9. The zero-order chi connectivity index (χ0) is 54.9. The summed E-state index contributed by atoms with van der Waals surface area (Å²) < 4.78 is 0. The number of carbonyl (C=O) groups excluding carboxylic acids is 7. The molecular formula is C49H74N16O10. The highest BCUT2D eigenvalue weighted by Gasteiger charge is 2.35. The molecule has 3 aromatic rings. The largest absolute Gasteiger partial charge is 0.480 e. The van der Waals surface area contributed by atoms with Crippen LogP contribution in [0.15, 0.2) is 70.8 Å². The number of amides is 7. The molecule has 8 atom stereocenters. The topological polar surface area (TPSA) is 444 Å². The van der Waals surface area contributed by atoms with Crippen LogP contribution in [0.3, 0.4) is 0 Å². The highest BCUT2D eigenvalue weighted by atomic mass is 16.4. The molecular weight excluding hydrogens is 973 g/mol. The predicted octanol–water partition coefficient (Wildman–Crippen LogP) is -3.22. The molecule has 1 fully saturated rings. The summed E-state index contributed by atoms with van der Waals surface area (Å²) in [4.78, 5) is 121. The average molecular weight is 1050 g/mol. The van der Waals surface area contributed by atoms with Gasteiger partial charge in [-0.05, 0) is 87.9 Å². The molecule has 0 spiro atoms. The van der Waals surface area contributed by atoms with Crippen LogP contribution in [0.5, 0.6) is 0 Å². The summed E-state index contributed by atoms with van der Waals surface area (Å²) in [7, 11) is 0. The number of nitrogens with zero attached hydrogens (tertiary/aromatic N) is 2. The molecule has 1 aliphatic rings. The van der Waals surface area contributed by atoms with Crippen molar-refractivity contribution in [3.8, 4) is 0 Å². The van der Waals surface area contributed by atoms with Crippen molar-refractivity contribution < 1.29 is 48.6 Å². The Morgan fingerprint density at radius 3 is 2.09 bits per heavy atom. The van der Waals surface area contributed by atoms with Gasteiger partial charge in [-0.25, -0.2) is 4.79 Å². The van der Waals surface area contributed by atoms with E-state index in [2.05, 4.69) is 57.5 Å². The summed E-state index contributed by atoms with van der Waals surface area (Å²) >= 11 is 0. The molecule has 26 heteroatoms. The summed E-state index contributed by atoms with van der Waals surface area (Å²) in [5.74, 6) is -7.17. The van der Waals surface area contributed by atoms with E-state index >= 15 is 0 Å². The molecule has 410 valence electrons. The van der Waals surface area contributed by atoms with Gasteiger partial charge in [0.2, 0.25) is 41.4 Å². The number of aromatic nitrogens is 1. The lowest BCUT2D eigenvalue weighted by Crippen LogP contribution is -2.61. The molecule has 0 aliphatic carbocycles. The maximum atomic E-state index is 14.6. The highest BCUT2D eigenvalue weighted by molar-refractivity contribution is 5.97. The molecule has 0 bridgehead atoms. The quantitative estimate of drug-likeness (QED) is 0.0319. The molecule has 1 aliphatic heterocycles. The molecule has 1 saturated heterocycles. The lowest BCUT2D eigenvalue weighted by molar-refractivity contribution is -0.142. The van der Waals surface area contributed by atoms with Gasteiger partial charge in [0.1, 0.15) is 36.4 Å². The number of aromatic amines is 1. The van der Waals surface area contributed by atoms with Gasteiger partial charge in [-0.15, -0.1) is 0 Å². The first-order chi connectivity index (χ1) is 35.8. The van der Waals surface area contributed by atoms with Gasteiger partial charge in [-0.3, -0.25) is 48.9 Å². The molecule has 7 amide bonds. The lowest BCUT2D eigenvalue weighted by Gasteiger charge is -2.31. The number of carboxylic acid groups (broad SMARTS) is 1. The molecule has 2 heterocycles. The normalized spacial score (nSPS) is 22.2. The highest BCUT2D eigenvalue weighted by Crippen LogP contribution is 2.20. The number of carbonyl (C=O) groups is 8. The van der Waals surface area contributed by atoms with Crippen LogP contribution >= 0.6 is 0 Å². The standard InChI is InChI=1S/C49H74N16O10/c1-28(66)59-33(18-10-22-56-48(51)52)41(68)65-39-26-40(67)55-21-8-7-16-36(47(74)75)62-45(72)38(25-30-27-58-32-15-6-5-14-31(30)32)64-43(70)35(19-11-23-57-49(53)54)61-44(71)37(24-29-12-3-2-4-13-29)63-42(69)34(17-9-20-50)60-46(39)73/h2-6,12-15,27,33-39,43,58,64,70H,7-11,16-26,50H2,1H3,(H,55,67)(H,59,66)(H,60,73)(H,61,71)(H,62,72)(H,63,69)(H,65,68)(H,74,75)(H4,51,52,56)(H4,53,54,57). The number of guanidine groups is 2. The first kappa shape index (κ1) is 59.7. The van der Waals surface area contributed by atoms with Crippen molar-refractivity contribution in [1.29, 1.82) is 0 Å². The second kappa shape index (κ2) is 31.0. The van der Waals surface area contributed by atoms with E-state index in [0.29, 0.717) is 11.1 Å². The molecule has 2 aromatic carbocycles. The van der Waals surface area contributed by atoms with Crippen molar-refractivity contribution in [1.82, 2.24) is 47.5 Å². The Morgan fingerprint density at radius 1 is 0.760 bits per heavy atom. The Balaban J connectivity index is 1.77. The van der Waals surface area contributed by atoms with Crippen molar-refractivity contribution in [3.05, 3.63) is 71.9 Å². The van der Waals surface area contributed by atoms with Gasteiger partial charge in [0.05, 0.1) is 18.5 Å². The Labute approximate surface area is 434 Å². The Kier molecular flexibility index (Phi) is 24.7. The number of aliphatic hydroxyl groups excluding tert-OH is 1. The predicted molar refractivity (Wildman–Crippen MR) is 280 cm³/mol. The van der Waals surface area contributed by atoms with Crippen molar-refractivity contribution in [2.45, 2.75) is 132 Å². The van der Waals surface area contributed by atoms with Crippen LogP contribution in [0.1, 0.15) is 82.3 Å². The molecule has 75 heavy (non-hydrogen) atoms. The number of aliphatic carboxylic acids is 1. The molecule has 4 rings (SSSR count). The number of para-hydroxylation sites is 1. The van der Waals surface area contributed by atoms with E-state index in [1.54, 1.807) is 36.5 Å². The van der Waals surface area contributed by atoms with Crippen molar-refractivity contribution in [2.75, 3.05) is 26.2 Å². The van der Waals surface area contributed by atoms with Gasteiger partial charge in [-0.2, -0.15) is 0 Å². The number of rotatable bonds is 19. The number of fused-ring (bicyclic) bond motifs is 1. The summed E-state index contributed by atoms with van der Waals surface area (Å²) in [6, 6.07) is 6.55. The lowest BCUT2D eigenvalue weighted by atomic mass is 10.0. The average Bonchev–Trinajstić information content (AvgIpc) is 3.77. The number of hydrogen-bond donors (Lipinski definition) is 16. The second-order valence-electron chi connectivity index (χ2n) is 18.2. The van der Waals surface area contributed by atoms with Gasteiger partial charge in [0.25, 0.3) is 0 Å². The van der Waals surface area contributed by atoms with E-state index < -0.39 is 102 Å². The van der Waals surface area contributed by atoms with Gasteiger partial charge < -0.3 is 81.1 Å². The fourth-order valence-corrected chi connectivity index (χ4v) is 8.36. The summed E-state index contributed by atoms with van der Waals surface area (Å²) in [6.45, 7) is 1.48. The van der Waals surface area contributed by atoms with Gasteiger partial charge in [0.15, 0.2) is 11.9 Å². The molecule has 0 radical (unpaired) electrons. The minimum Gasteiger partial charge on any atom is -0.480 e. The van der Waals surface area contributed by atoms with Gasteiger partial charge >= 0.3 is 5.97 Å². The maximum absolute atomic E-state index is 14.6. The monoisotopic (exact) mass is 1050 g/mol. The minimum atomic E-state index is -1.68.